The van der Waals surface area contributed by atoms with Gasteiger partial charge in [-0.3, -0.25) is 9.67 Å². The first kappa shape index (κ1) is 14.4. The largest absolute Gasteiger partial charge is 0.396 e. The topological polar surface area (TPSA) is 50.9 Å². The van der Waals surface area contributed by atoms with Gasteiger partial charge in [-0.15, -0.1) is 0 Å². The molecule has 3 rings (SSSR count). The third-order valence-electron chi connectivity index (χ3n) is 3.37. The fourth-order valence-corrected chi connectivity index (χ4v) is 2.26. The number of nitrogens with zero attached hydrogens (tertiary/aromatic N) is 3. The minimum Gasteiger partial charge on any atom is -0.396 e. The van der Waals surface area contributed by atoms with Crippen LogP contribution < -0.4 is 0 Å². The SMILES string of the molecule is OCCCn1ccc(-c2cccc(-c3ccc(F)cn3)c2)n1. The minimum absolute atomic E-state index is 0.154. The van der Waals surface area contributed by atoms with Crippen molar-refractivity contribution in [2.75, 3.05) is 6.61 Å². The summed E-state index contributed by atoms with van der Waals surface area (Å²) in [4.78, 5) is 4.10. The molecule has 0 saturated heterocycles. The molecule has 5 heteroatoms. The van der Waals surface area contributed by atoms with Crippen LogP contribution in [0.5, 0.6) is 0 Å². The summed E-state index contributed by atoms with van der Waals surface area (Å²) in [6, 6.07) is 12.8. The van der Waals surface area contributed by atoms with Crippen LogP contribution in [0.3, 0.4) is 0 Å². The summed E-state index contributed by atoms with van der Waals surface area (Å²) in [5.41, 5.74) is 3.48. The van der Waals surface area contributed by atoms with E-state index in [1.165, 1.54) is 12.3 Å². The van der Waals surface area contributed by atoms with Gasteiger partial charge in [-0.1, -0.05) is 18.2 Å². The molecule has 22 heavy (non-hydrogen) atoms. The highest BCUT2D eigenvalue weighted by Gasteiger charge is 2.05. The number of pyridine rings is 1. The summed E-state index contributed by atoms with van der Waals surface area (Å²) >= 11 is 0. The van der Waals surface area contributed by atoms with Gasteiger partial charge in [-0.25, -0.2) is 4.39 Å². The first-order valence-corrected chi connectivity index (χ1v) is 7.13. The smallest absolute Gasteiger partial charge is 0.141 e. The minimum atomic E-state index is -0.345. The first-order chi connectivity index (χ1) is 10.8. The highest BCUT2D eigenvalue weighted by atomic mass is 19.1. The van der Waals surface area contributed by atoms with Crippen LogP contribution in [0.2, 0.25) is 0 Å². The van der Waals surface area contributed by atoms with E-state index in [2.05, 4.69) is 10.1 Å². The molecule has 112 valence electrons. The van der Waals surface area contributed by atoms with E-state index in [1.807, 2.05) is 41.2 Å². The molecule has 0 spiro atoms. The molecule has 0 radical (unpaired) electrons. The lowest BCUT2D eigenvalue weighted by Crippen LogP contribution is -2.00. The fraction of sp³-hybridized carbons (Fsp3) is 0.176. The maximum absolute atomic E-state index is 13.0. The highest BCUT2D eigenvalue weighted by Crippen LogP contribution is 2.24. The zero-order valence-corrected chi connectivity index (χ0v) is 12.0. The van der Waals surface area contributed by atoms with Gasteiger partial charge in [0.25, 0.3) is 0 Å². The van der Waals surface area contributed by atoms with E-state index in [4.69, 9.17) is 5.11 Å². The molecule has 0 amide bonds. The maximum atomic E-state index is 13.0. The van der Waals surface area contributed by atoms with Crippen molar-refractivity contribution in [3.63, 3.8) is 0 Å². The second kappa shape index (κ2) is 6.49. The van der Waals surface area contributed by atoms with E-state index < -0.39 is 0 Å². The lowest BCUT2D eigenvalue weighted by atomic mass is 10.1. The Morgan fingerprint density at radius 2 is 1.86 bits per heavy atom. The van der Waals surface area contributed by atoms with Gasteiger partial charge in [-0.05, 0) is 30.7 Å². The Kier molecular flexibility index (Phi) is 4.25. The van der Waals surface area contributed by atoms with Crippen LogP contribution in [0.25, 0.3) is 22.5 Å². The molecule has 0 atom stereocenters. The first-order valence-electron chi connectivity index (χ1n) is 7.13. The zero-order chi connectivity index (χ0) is 15.4. The molecule has 0 saturated carbocycles. The van der Waals surface area contributed by atoms with Crippen molar-refractivity contribution in [3.05, 3.63) is 60.7 Å². The summed E-state index contributed by atoms with van der Waals surface area (Å²) in [5, 5.41) is 13.4. The van der Waals surface area contributed by atoms with Crippen molar-refractivity contribution in [1.29, 1.82) is 0 Å². The number of hydrogen-bond acceptors (Lipinski definition) is 3. The van der Waals surface area contributed by atoms with Crippen LogP contribution in [0.15, 0.2) is 54.9 Å². The van der Waals surface area contributed by atoms with Crippen LogP contribution in [0.1, 0.15) is 6.42 Å². The van der Waals surface area contributed by atoms with Crippen molar-refractivity contribution in [1.82, 2.24) is 14.8 Å². The molecular weight excluding hydrogens is 281 g/mol. The lowest BCUT2D eigenvalue weighted by molar-refractivity contribution is 0.277. The monoisotopic (exact) mass is 297 g/mol. The average Bonchev–Trinajstić information content (AvgIpc) is 3.03. The predicted octanol–water partition coefficient (Wildman–Crippen LogP) is 3.13. The zero-order valence-electron chi connectivity index (χ0n) is 12.0. The molecule has 1 N–H and O–H groups in total. The van der Waals surface area contributed by atoms with Crippen molar-refractivity contribution in [2.24, 2.45) is 0 Å². The van der Waals surface area contributed by atoms with E-state index in [9.17, 15) is 4.39 Å². The molecule has 2 aromatic heterocycles. The number of halogens is 1. The van der Waals surface area contributed by atoms with Crippen molar-refractivity contribution < 1.29 is 9.50 Å². The number of benzene rings is 1. The molecule has 0 aliphatic rings. The van der Waals surface area contributed by atoms with Crippen molar-refractivity contribution >= 4 is 0 Å². The van der Waals surface area contributed by atoms with Crippen LogP contribution in [-0.2, 0) is 6.54 Å². The maximum Gasteiger partial charge on any atom is 0.141 e. The van der Waals surface area contributed by atoms with Gasteiger partial charge in [-0.2, -0.15) is 5.10 Å². The molecule has 4 nitrogen and oxygen atoms in total. The van der Waals surface area contributed by atoms with E-state index in [0.717, 1.165) is 22.5 Å². The number of rotatable bonds is 5. The van der Waals surface area contributed by atoms with Gasteiger partial charge in [0, 0.05) is 30.5 Å². The summed E-state index contributed by atoms with van der Waals surface area (Å²) in [6.45, 7) is 0.844. The molecule has 0 aliphatic carbocycles. The molecule has 0 aliphatic heterocycles. The van der Waals surface area contributed by atoms with E-state index in [1.54, 1.807) is 6.07 Å². The second-order valence-corrected chi connectivity index (χ2v) is 4.98. The van der Waals surface area contributed by atoms with E-state index in [-0.39, 0.29) is 12.4 Å². The van der Waals surface area contributed by atoms with E-state index in [0.29, 0.717) is 13.0 Å². The Hall–Kier alpha value is -2.53. The number of hydrogen-bond donors (Lipinski definition) is 1. The molecular formula is C17H16FN3O. The van der Waals surface area contributed by atoms with Crippen LogP contribution in [-0.4, -0.2) is 26.5 Å². The third kappa shape index (κ3) is 3.20. The summed E-state index contributed by atoms with van der Waals surface area (Å²) in [5.74, 6) is -0.345. The second-order valence-electron chi connectivity index (χ2n) is 4.98. The average molecular weight is 297 g/mol. The molecule has 1 aromatic carbocycles. The molecule has 0 unspecified atom stereocenters. The van der Waals surface area contributed by atoms with Crippen LogP contribution >= 0.6 is 0 Å². The van der Waals surface area contributed by atoms with Gasteiger partial charge in [0.1, 0.15) is 5.82 Å². The summed E-state index contributed by atoms with van der Waals surface area (Å²) in [6.07, 6.45) is 3.79. The van der Waals surface area contributed by atoms with Gasteiger partial charge >= 0.3 is 0 Å². The van der Waals surface area contributed by atoms with Crippen molar-refractivity contribution in [2.45, 2.75) is 13.0 Å². The van der Waals surface area contributed by atoms with Gasteiger partial charge in [0.15, 0.2) is 0 Å². The normalized spacial score (nSPS) is 10.8. The summed E-state index contributed by atoms with van der Waals surface area (Å²) < 4.78 is 14.8. The number of aryl methyl sites for hydroxylation is 1. The lowest BCUT2D eigenvalue weighted by Gasteiger charge is -2.03. The van der Waals surface area contributed by atoms with Gasteiger partial charge in [0.2, 0.25) is 0 Å². The van der Waals surface area contributed by atoms with E-state index >= 15 is 0 Å². The molecule has 2 heterocycles. The number of aliphatic hydroxyl groups excluding tert-OH is 1. The van der Waals surface area contributed by atoms with Crippen LogP contribution in [0.4, 0.5) is 4.39 Å². The summed E-state index contributed by atoms with van der Waals surface area (Å²) in [7, 11) is 0. The highest BCUT2D eigenvalue weighted by molar-refractivity contribution is 5.69. The Bertz CT molecular complexity index is 753. The molecule has 0 fully saturated rings. The Morgan fingerprint density at radius 3 is 2.59 bits per heavy atom. The van der Waals surface area contributed by atoms with Crippen LogP contribution in [0, 0.1) is 5.82 Å². The fourth-order valence-electron chi connectivity index (χ4n) is 2.26. The third-order valence-corrected chi connectivity index (χ3v) is 3.37. The molecule has 3 aromatic rings. The van der Waals surface area contributed by atoms with Gasteiger partial charge in [0.05, 0.1) is 17.6 Å². The Labute approximate surface area is 127 Å². The quantitative estimate of drug-likeness (QED) is 0.787. The number of aliphatic hydroxyl groups is 1. The number of aromatic nitrogens is 3. The Balaban J connectivity index is 1.87. The standard InChI is InChI=1S/C17H16FN3O/c18-15-5-6-16(19-12-15)13-3-1-4-14(11-13)17-7-9-21(20-17)8-2-10-22/h1,3-7,9,11-12,22H,2,8,10H2. The predicted molar refractivity (Wildman–Crippen MR) is 82.6 cm³/mol. The van der Waals surface area contributed by atoms with Crippen molar-refractivity contribution in [3.8, 4) is 22.5 Å². The molecule has 0 bridgehead atoms. The van der Waals surface area contributed by atoms with Gasteiger partial charge < -0.3 is 5.11 Å². The Morgan fingerprint density at radius 1 is 1.05 bits per heavy atom.